The molecule has 4 nitrogen and oxygen atoms in total. The van der Waals surface area contributed by atoms with Gasteiger partial charge in [0.15, 0.2) is 0 Å². The molecule has 1 unspecified atom stereocenters. The summed E-state index contributed by atoms with van der Waals surface area (Å²) in [6, 6.07) is 5.57. The van der Waals surface area contributed by atoms with E-state index < -0.39 is 0 Å². The zero-order chi connectivity index (χ0) is 14.7. The van der Waals surface area contributed by atoms with Crippen molar-refractivity contribution in [2.75, 3.05) is 26.7 Å². The van der Waals surface area contributed by atoms with Crippen LogP contribution in [0.15, 0.2) is 18.2 Å². The molecule has 0 bridgehead atoms. The predicted molar refractivity (Wildman–Crippen MR) is 80.1 cm³/mol. The van der Waals surface area contributed by atoms with E-state index in [1.807, 2.05) is 7.05 Å². The van der Waals surface area contributed by atoms with Gasteiger partial charge in [0.05, 0.1) is 0 Å². The third kappa shape index (κ3) is 2.96. The van der Waals surface area contributed by atoms with Gasteiger partial charge < -0.3 is 10.0 Å². The normalized spacial score (nSPS) is 19.2. The second-order valence-corrected chi connectivity index (χ2v) is 5.56. The molecule has 2 rings (SSSR count). The summed E-state index contributed by atoms with van der Waals surface area (Å²) < 4.78 is 0. The predicted octanol–water partition coefficient (Wildman–Crippen LogP) is 2.26. The number of carbonyl (C=O) groups excluding carboxylic acids is 1. The first-order chi connectivity index (χ1) is 9.54. The van der Waals surface area contributed by atoms with Crippen LogP contribution in [0.5, 0.6) is 5.75 Å². The Morgan fingerprint density at radius 3 is 2.95 bits per heavy atom. The number of likely N-dealkylation sites (tertiary alicyclic amines) is 1. The first-order valence-corrected chi connectivity index (χ1v) is 7.32. The smallest absolute Gasteiger partial charge is 0.254 e. The van der Waals surface area contributed by atoms with Crippen molar-refractivity contribution in [3.63, 3.8) is 0 Å². The highest BCUT2D eigenvalue weighted by atomic mass is 16.3. The third-order valence-electron chi connectivity index (χ3n) is 4.27. The number of phenols is 1. The molecule has 1 saturated heterocycles. The molecule has 110 valence electrons. The van der Waals surface area contributed by atoms with Crippen molar-refractivity contribution in [3.8, 4) is 5.75 Å². The quantitative estimate of drug-likeness (QED) is 0.917. The lowest BCUT2D eigenvalue weighted by Gasteiger charge is -2.28. The fraction of sp³-hybridized carbons (Fsp3) is 0.562. The van der Waals surface area contributed by atoms with E-state index in [-0.39, 0.29) is 11.7 Å². The molecule has 1 fully saturated rings. The Balaban J connectivity index is 2.07. The minimum Gasteiger partial charge on any atom is -0.508 e. The molecule has 0 saturated carbocycles. The van der Waals surface area contributed by atoms with E-state index in [2.05, 4.69) is 11.8 Å². The van der Waals surface area contributed by atoms with Gasteiger partial charge in [0, 0.05) is 30.8 Å². The van der Waals surface area contributed by atoms with Crippen LogP contribution in [-0.4, -0.2) is 53.5 Å². The van der Waals surface area contributed by atoms with Gasteiger partial charge in [0.25, 0.3) is 5.91 Å². The minimum atomic E-state index is -0.0126. The van der Waals surface area contributed by atoms with Gasteiger partial charge in [-0.2, -0.15) is 0 Å². The summed E-state index contributed by atoms with van der Waals surface area (Å²) in [5, 5.41) is 9.72. The number of benzene rings is 1. The minimum absolute atomic E-state index is 0.0126. The number of rotatable bonds is 4. The molecule has 1 aromatic carbocycles. The van der Waals surface area contributed by atoms with Crippen LogP contribution >= 0.6 is 0 Å². The Bertz CT molecular complexity index is 487. The summed E-state index contributed by atoms with van der Waals surface area (Å²) in [7, 11) is 1.85. The Kier molecular flexibility index (Phi) is 4.65. The Hall–Kier alpha value is -1.55. The summed E-state index contributed by atoms with van der Waals surface area (Å²) in [4.78, 5) is 16.7. The number of hydrogen-bond donors (Lipinski definition) is 1. The summed E-state index contributed by atoms with van der Waals surface area (Å²) in [6.45, 7) is 6.87. The molecule has 20 heavy (non-hydrogen) atoms. The molecule has 0 spiro atoms. The maximum atomic E-state index is 12.5. The molecule has 0 aliphatic carbocycles. The fourth-order valence-electron chi connectivity index (χ4n) is 2.98. The number of likely N-dealkylation sites (N-methyl/N-ethyl adjacent to an activating group) is 2. The lowest BCUT2D eigenvalue weighted by molar-refractivity contribution is 0.0753. The third-order valence-corrected chi connectivity index (χ3v) is 4.27. The summed E-state index contributed by atoms with van der Waals surface area (Å²) >= 11 is 0. The SMILES string of the molecule is CCN1CCCC1CN(C)C(=O)c1cccc(O)c1C. The van der Waals surface area contributed by atoms with Gasteiger partial charge >= 0.3 is 0 Å². The van der Waals surface area contributed by atoms with Crippen LogP contribution < -0.4 is 0 Å². The van der Waals surface area contributed by atoms with Crippen molar-refractivity contribution in [1.29, 1.82) is 0 Å². The van der Waals surface area contributed by atoms with E-state index in [1.165, 1.54) is 6.42 Å². The van der Waals surface area contributed by atoms with Crippen molar-refractivity contribution in [2.45, 2.75) is 32.7 Å². The number of carbonyl (C=O) groups is 1. The first-order valence-electron chi connectivity index (χ1n) is 7.32. The molecule has 4 heteroatoms. The van der Waals surface area contributed by atoms with Gasteiger partial charge in [-0.15, -0.1) is 0 Å². The van der Waals surface area contributed by atoms with E-state index in [1.54, 1.807) is 30.0 Å². The van der Waals surface area contributed by atoms with Gasteiger partial charge in [-0.05, 0) is 45.0 Å². The fourth-order valence-corrected chi connectivity index (χ4v) is 2.98. The maximum Gasteiger partial charge on any atom is 0.254 e. The van der Waals surface area contributed by atoms with Crippen molar-refractivity contribution in [3.05, 3.63) is 29.3 Å². The van der Waals surface area contributed by atoms with Crippen LogP contribution in [0.1, 0.15) is 35.7 Å². The van der Waals surface area contributed by atoms with E-state index in [4.69, 9.17) is 0 Å². The highest BCUT2D eigenvalue weighted by Gasteiger charge is 2.26. The molecule has 1 aliphatic heterocycles. The highest BCUT2D eigenvalue weighted by Crippen LogP contribution is 2.22. The Morgan fingerprint density at radius 2 is 2.25 bits per heavy atom. The molecule has 1 aliphatic rings. The van der Waals surface area contributed by atoms with Gasteiger partial charge in [-0.3, -0.25) is 9.69 Å². The lowest BCUT2D eigenvalue weighted by atomic mass is 10.1. The largest absolute Gasteiger partial charge is 0.508 e. The number of hydrogen-bond acceptors (Lipinski definition) is 3. The Morgan fingerprint density at radius 1 is 1.50 bits per heavy atom. The van der Waals surface area contributed by atoms with Crippen LogP contribution in [0, 0.1) is 6.92 Å². The molecular formula is C16H24N2O2. The van der Waals surface area contributed by atoms with Crippen molar-refractivity contribution in [1.82, 2.24) is 9.80 Å². The number of aromatic hydroxyl groups is 1. The lowest BCUT2D eigenvalue weighted by Crippen LogP contribution is -2.41. The monoisotopic (exact) mass is 276 g/mol. The van der Waals surface area contributed by atoms with Crippen LogP contribution in [0.2, 0.25) is 0 Å². The molecule has 1 heterocycles. The summed E-state index contributed by atoms with van der Waals surface area (Å²) in [5.74, 6) is 0.168. The molecule has 0 aromatic heterocycles. The zero-order valence-corrected chi connectivity index (χ0v) is 12.6. The summed E-state index contributed by atoms with van der Waals surface area (Å²) in [5.41, 5.74) is 1.25. The standard InChI is InChI=1S/C16H24N2O2/c1-4-18-10-6-7-13(18)11-17(3)16(20)14-8-5-9-15(19)12(14)2/h5,8-9,13,19H,4,6-7,10-11H2,1-3H3. The molecule has 1 atom stereocenters. The zero-order valence-electron chi connectivity index (χ0n) is 12.6. The molecular weight excluding hydrogens is 252 g/mol. The van der Waals surface area contributed by atoms with Gasteiger partial charge in [0.1, 0.15) is 5.75 Å². The molecule has 0 radical (unpaired) electrons. The van der Waals surface area contributed by atoms with Crippen LogP contribution in [0.4, 0.5) is 0 Å². The number of nitrogens with zero attached hydrogens (tertiary/aromatic N) is 2. The topological polar surface area (TPSA) is 43.8 Å². The second-order valence-electron chi connectivity index (χ2n) is 5.56. The number of amides is 1. The summed E-state index contributed by atoms with van der Waals surface area (Å²) in [6.07, 6.45) is 2.37. The van der Waals surface area contributed by atoms with E-state index in [0.29, 0.717) is 17.2 Å². The van der Waals surface area contributed by atoms with Crippen LogP contribution in [0.25, 0.3) is 0 Å². The van der Waals surface area contributed by atoms with E-state index >= 15 is 0 Å². The van der Waals surface area contributed by atoms with Crippen molar-refractivity contribution >= 4 is 5.91 Å². The molecule has 1 N–H and O–H groups in total. The van der Waals surface area contributed by atoms with Crippen LogP contribution in [-0.2, 0) is 0 Å². The van der Waals surface area contributed by atoms with Crippen molar-refractivity contribution in [2.24, 2.45) is 0 Å². The van der Waals surface area contributed by atoms with Gasteiger partial charge in [-0.1, -0.05) is 13.0 Å². The maximum absolute atomic E-state index is 12.5. The average Bonchev–Trinajstić information content (AvgIpc) is 2.88. The number of phenolic OH excluding ortho intramolecular Hbond substituents is 1. The van der Waals surface area contributed by atoms with Crippen LogP contribution in [0.3, 0.4) is 0 Å². The first kappa shape index (κ1) is 14.9. The van der Waals surface area contributed by atoms with E-state index in [9.17, 15) is 9.90 Å². The van der Waals surface area contributed by atoms with Gasteiger partial charge in [0.2, 0.25) is 0 Å². The van der Waals surface area contributed by atoms with E-state index in [0.717, 1.165) is 26.1 Å². The average molecular weight is 276 g/mol. The second kappa shape index (κ2) is 6.27. The van der Waals surface area contributed by atoms with Gasteiger partial charge in [-0.25, -0.2) is 0 Å². The molecule has 1 aromatic rings. The molecule has 1 amide bonds. The highest BCUT2D eigenvalue weighted by molar-refractivity contribution is 5.96. The Labute approximate surface area is 121 Å². The van der Waals surface area contributed by atoms with Crippen molar-refractivity contribution < 1.29 is 9.90 Å².